The van der Waals surface area contributed by atoms with E-state index in [2.05, 4.69) is 9.82 Å². The maximum absolute atomic E-state index is 13.3. The van der Waals surface area contributed by atoms with Crippen LogP contribution in [0.25, 0.3) is 0 Å². The van der Waals surface area contributed by atoms with E-state index in [0.29, 0.717) is 29.1 Å². The molecule has 0 fully saturated rings. The second-order valence-corrected chi connectivity index (χ2v) is 9.23. The van der Waals surface area contributed by atoms with Gasteiger partial charge in [-0.25, -0.2) is 13.4 Å². The van der Waals surface area contributed by atoms with Gasteiger partial charge in [0, 0.05) is 23.2 Å². The molecule has 3 aromatic carbocycles. The van der Waals surface area contributed by atoms with E-state index in [1.54, 1.807) is 37.4 Å². The van der Waals surface area contributed by atoms with Crippen molar-refractivity contribution in [3.8, 4) is 5.75 Å². The van der Waals surface area contributed by atoms with Gasteiger partial charge in [0.1, 0.15) is 5.75 Å². The summed E-state index contributed by atoms with van der Waals surface area (Å²) in [5, 5.41) is 6.16. The Balaban J connectivity index is 1.75. The molecule has 0 radical (unpaired) electrons. The number of hydrogen-bond acceptors (Lipinski definition) is 5. The molecule has 0 bridgehead atoms. The number of anilines is 1. The molecular weight excluding hydrogens is 426 g/mol. The van der Waals surface area contributed by atoms with E-state index in [9.17, 15) is 13.2 Å². The predicted molar refractivity (Wildman–Crippen MR) is 124 cm³/mol. The van der Waals surface area contributed by atoms with Gasteiger partial charge in [-0.3, -0.25) is 9.52 Å². The van der Waals surface area contributed by atoms with Gasteiger partial charge in [-0.1, -0.05) is 48.5 Å². The molecule has 32 heavy (non-hydrogen) atoms. The molecule has 1 unspecified atom stereocenters. The summed E-state index contributed by atoms with van der Waals surface area (Å²) in [5.74, 6) is 0.453. The molecule has 164 valence electrons. The first-order chi connectivity index (χ1) is 15.4. The molecule has 1 aliphatic heterocycles. The molecule has 0 spiro atoms. The minimum atomic E-state index is -3.41. The molecule has 0 aliphatic carbocycles. The van der Waals surface area contributed by atoms with Crippen molar-refractivity contribution in [3.05, 3.63) is 95.6 Å². The summed E-state index contributed by atoms with van der Waals surface area (Å²) in [5.41, 5.74) is 3.24. The van der Waals surface area contributed by atoms with Gasteiger partial charge in [-0.15, -0.1) is 0 Å². The van der Waals surface area contributed by atoms with Crippen LogP contribution in [0.4, 0.5) is 5.69 Å². The number of ether oxygens (including phenoxy) is 1. The number of hydrazone groups is 1. The highest BCUT2D eigenvalue weighted by atomic mass is 32.2. The SMILES string of the molecule is COc1ccccc1C1CC(c2cccc(NS(C)(=O)=O)c2)=NN1C(=O)c1ccccc1. The Bertz CT molecular complexity index is 1270. The van der Waals surface area contributed by atoms with Gasteiger partial charge < -0.3 is 4.74 Å². The molecule has 0 aromatic heterocycles. The van der Waals surface area contributed by atoms with Crippen LogP contribution < -0.4 is 9.46 Å². The summed E-state index contributed by atoms with van der Waals surface area (Å²) >= 11 is 0. The summed E-state index contributed by atoms with van der Waals surface area (Å²) in [6.45, 7) is 0. The van der Waals surface area contributed by atoms with Gasteiger partial charge in [0.25, 0.3) is 5.91 Å². The van der Waals surface area contributed by atoms with Crippen molar-refractivity contribution < 1.29 is 17.9 Å². The van der Waals surface area contributed by atoms with Gasteiger partial charge in [0.05, 0.1) is 25.1 Å². The normalized spacial score (nSPS) is 15.9. The van der Waals surface area contributed by atoms with Crippen LogP contribution in [0.1, 0.15) is 33.9 Å². The monoisotopic (exact) mass is 449 g/mol. The van der Waals surface area contributed by atoms with Crippen molar-refractivity contribution in [3.63, 3.8) is 0 Å². The van der Waals surface area contributed by atoms with E-state index < -0.39 is 10.0 Å². The van der Waals surface area contributed by atoms with Crippen molar-refractivity contribution >= 4 is 27.3 Å². The Morgan fingerprint density at radius 3 is 2.47 bits per heavy atom. The van der Waals surface area contributed by atoms with E-state index in [0.717, 1.165) is 17.4 Å². The highest BCUT2D eigenvalue weighted by Crippen LogP contribution is 2.38. The summed E-state index contributed by atoms with van der Waals surface area (Å²) in [6, 6.07) is 23.2. The maximum atomic E-state index is 13.3. The molecular formula is C24H23N3O4S. The zero-order valence-corrected chi connectivity index (χ0v) is 18.5. The molecule has 0 saturated carbocycles. The number of nitrogens with zero attached hydrogens (tertiary/aromatic N) is 2. The molecule has 1 aliphatic rings. The number of carbonyl (C=O) groups excluding carboxylic acids is 1. The van der Waals surface area contributed by atoms with Crippen molar-refractivity contribution in [2.24, 2.45) is 5.10 Å². The summed E-state index contributed by atoms with van der Waals surface area (Å²) in [7, 11) is -1.81. The predicted octanol–water partition coefficient (Wildman–Crippen LogP) is 4.06. The first kappa shape index (κ1) is 21.6. The largest absolute Gasteiger partial charge is 0.496 e. The average molecular weight is 450 g/mol. The van der Waals surface area contributed by atoms with E-state index >= 15 is 0 Å². The standard InChI is InChI=1S/C24H23N3O4S/c1-31-23-14-7-6-13-20(23)22-16-21(18-11-8-12-19(15-18)26-32(2,29)30)25-27(22)24(28)17-9-4-3-5-10-17/h3-15,22,26H,16H2,1-2H3. The highest BCUT2D eigenvalue weighted by molar-refractivity contribution is 7.92. The second-order valence-electron chi connectivity index (χ2n) is 7.48. The van der Waals surface area contributed by atoms with Crippen molar-refractivity contribution in [1.29, 1.82) is 0 Å². The van der Waals surface area contributed by atoms with Crippen LogP contribution in [-0.2, 0) is 10.0 Å². The molecule has 7 nitrogen and oxygen atoms in total. The lowest BCUT2D eigenvalue weighted by atomic mass is 9.97. The maximum Gasteiger partial charge on any atom is 0.274 e. The molecule has 4 rings (SSSR count). The lowest BCUT2D eigenvalue weighted by molar-refractivity contribution is 0.0709. The fourth-order valence-electron chi connectivity index (χ4n) is 3.75. The molecule has 1 heterocycles. The molecule has 8 heteroatoms. The lowest BCUT2D eigenvalue weighted by Gasteiger charge is -2.23. The zero-order chi connectivity index (χ0) is 22.7. The van der Waals surface area contributed by atoms with Crippen LogP contribution >= 0.6 is 0 Å². The number of methoxy groups -OCH3 is 1. The minimum Gasteiger partial charge on any atom is -0.496 e. The van der Waals surface area contributed by atoms with Crippen LogP contribution in [0.2, 0.25) is 0 Å². The van der Waals surface area contributed by atoms with Crippen LogP contribution in [0.3, 0.4) is 0 Å². The van der Waals surface area contributed by atoms with E-state index in [1.807, 2.05) is 48.5 Å². The molecule has 0 saturated heterocycles. The van der Waals surface area contributed by atoms with Gasteiger partial charge in [-0.2, -0.15) is 5.10 Å². The number of rotatable bonds is 6. The number of carbonyl (C=O) groups is 1. The zero-order valence-electron chi connectivity index (χ0n) is 17.7. The third kappa shape index (κ3) is 4.65. The molecule has 1 amide bonds. The number of hydrogen-bond donors (Lipinski definition) is 1. The summed E-state index contributed by atoms with van der Waals surface area (Å²) in [4.78, 5) is 13.3. The number of sulfonamides is 1. The Hall–Kier alpha value is -3.65. The summed E-state index contributed by atoms with van der Waals surface area (Å²) < 4.78 is 31.3. The molecule has 1 N–H and O–H groups in total. The molecule has 1 atom stereocenters. The number of amides is 1. The lowest BCUT2D eigenvalue weighted by Crippen LogP contribution is -2.27. The quantitative estimate of drug-likeness (QED) is 0.615. The Labute approximate surface area is 187 Å². The third-order valence-corrected chi connectivity index (χ3v) is 5.74. The van der Waals surface area contributed by atoms with Gasteiger partial charge in [0.2, 0.25) is 10.0 Å². The average Bonchev–Trinajstić information content (AvgIpc) is 3.23. The second kappa shape index (κ2) is 8.84. The third-order valence-electron chi connectivity index (χ3n) is 5.14. The van der Waals surface area contributed by atoms with Crippen molar-refractivity contribution in [1.82, 2.24) is 5.01 Å². The van der Waals surface area contributed by atoms with Gasteiger partial charge in [0.15, 0.2) is 0 Å². The van der Waals surface area contributed by atoms with E-state index in [-0.39, 0.29) is 11.9 Å². The fourth-order valence-corrected chi connectivity index (χ4v) is 4.30. The van der Waals surface area contributed by atoms with Crippen molar-refractivity contribution in [2.75, 3.05) is 18.1 Å². The van der Waals surface area contributed by atoms with Crippen LogP contribution in [0.5, 0.6) is 5.75 Å². The first-order valence-corrected chi connectivity index (χ1v) is 11.9. The van der Waals surface area contributed by atoms with Crippen LogP contribution in [0.15, 0.2) is 84.0 Å². The van der Waals surface area contributed by atoms with Gasteiger partial charge >= 0.3 is 0 Å². The van der Waals surface area contributed by atoms with Crippen LogP contribution in [0, 0.1) is 0 Å². The van der Waals surface area contributed by atoms with Crippen LogP contribution in [-0.4, -0.2) is 38.4 Å². The first-order valence-electron chi connectivity index (χ1n) is 10.0. The topological polar surface area (TPSA) is 88.1 Å². The van der Waals surface area contributed by atoms with Crippen molar-refractivity contribution in [2.45, 2.75) is 12.5 Å². The minimum absolute atomic E-state index is 0.220. The molecule has 3 aromatic rings. The highest BCUT2D eigenvalue weighted by Gasteiger charge is 2.35. The van der Waals surface area contributed by atoms with E-state index in [1.165, 1.54) is 5.01 Å². The summed E-state index contributed by atoms with van der Waals surface area (Å²) in [6.07, 6.45) is 1.56. The number of para-hydroxylation sites is 1. The fraction of sp³-hybridized carbons (Fsp3) is 0.167. The van der Waals surface area contributed by atoms with Gasteiger partial charge in [-0.05, 0) is 35.9 Å². The smallest absolute Gasteiger partial charge is 0.274 e. The van der Waals surface area contributed by atoms with E-state index in [4.69, 9.17) is 4.74 Å². The Morgan fingerprint density at radius 2 is 1.75 bits per heavy atom. The number of nitrogens with one attached hydrogen (secondary N) is 1. The Kier molecular flexibility index (Phi) is 5.96. The number of benzene rings is 3. The Morgan fingerprint density at radius 1 is 1.03 bits per heavy atom.